The topological polar surface area (TPSA) is 49.0 Å². The zero-order valence-corrected chi connectivity index (χ0v) is 18.0. The zero-order valence-electron chi connectivity index (χ0n) is 18.0. The average Bonchev–Trinajstić information content (AvgIpc) is 3.18. The van der Waals surface area contributed by atoms with Gasteiger partial charge in [-0.3, -0.25) is 4.79 Å². The zero-order chi connectivity index (χ0) is 20.0. The molecule has 0 saturated heterocycles. The summed E-state index contributed by atoms with van der Waals surface area (Å²) in [7, 11) is 0. The minimum absolute atomic E-state index is 0.165. The highest BCUT2D eigenvalue weighted by Gasteiger charge is 2.16. The molecule has 1 N–H and O–H groups in total. The molecule has 0 fully saturated rings. The molecule has 0 unspecified atom stereocenters. The number of benzene rings is 1. The monoisotopic (exact) mass is 385 g/mol. The quantitative estimate of drug-likeness (QED) is 0.346. The standard InChI is InChI=1S/C24H39N3O/c1-3-5-7-9-11-13-17-27(18-14-12-10-8-6-4-2)24(28)21-15-16-22-23(19-21)26-20-25-22/h15-16,19-20H,3-14,17-18H2,1-2H3,(H,25,26). The number of amides is 1. The lowest BCUT2D eigenvalue weighted by atomic mass is 10.1. The molecule has 1 heterocycles. The Labute approximate surface area is 171 Å². The number of nitrogens with one attached hydrogen (secondary N) is 1. The number of aromatic nitrogens is 2. The van der Waals surface area contributed by atoms with E-state index in [1.807, 2.05) is 18.2 Å². The number of fused-ring (bicyclic) bond motifs is 1. The molecule has 0 saturated carbocycles. The molecule has 0 bridgehead atoms. The first-order valence-corrected chi connectivity index (χ1v) is 11.5. The number of H-pyrrole nitrogens is 1. The Hall–Kier alpha value is -1.84. The van der Waals surface area contributed by atoms with Gasteiger partial charge in [0.2, 0.25) is 0 Å². The smallest absolute Gasteiger partial charge is 0.253 e. The van der Waals surface area contributed by atoms with Crippen molar-refractivity contribution in [3.63, 3.8) is 0 Å². The van der Waals surface area contributed by atoms with E-state index in [0.717, 1.165) is 42.5 Å². The van der Waals surface area contributed by atoms with Gasteiger partial charge < -0.3 is 9.88 Å². The lowest BCUT2D eigenvalue weighted by Gasteiger charge is -2.23. The van der Waals surface area contributed by atoms with Crippen molar-refractivity contribution >= 4 is 16.9 Å². The van der Waals surface area contributed by atoms with Crippen molar-refractivity contribution in [3.05, 3.63) is 30.1 Å². The van der Waals surface area contributed by atoms with Crippen LogP contribution in [-0.4, -0.2) is 33.9 Å². The molecule has 0 aliphatic carbocycles. The van der Waals surface area contributed by atoms with E-state index >= 15 is 0 Å². The van der Waals surface area contributed by atoms with Crippen molar-refractivity contribution < 1.29 is 4.79 Å². The van der Waals surface area contributed by atoms with E-state index < -0.39 is 0 Å². The highest BCUT2D eigenvalue weighted by atomic mass is 16.2. The van der Waals surface area contributed by atoms with Crippen molar-refractivity contribution in [2.24, 2.45) is 0 Å². The maximum Gasteiger partial charge on any atom is 0.253 e. The van der Waals surface area contributed by atoms with Crippen molar-refractivity contribution in [3.8, 4) is 0 Å². The molecular formula is C24H39N3O. The SMILES string of the molecule is CCCCCCCCN(CCCCCCCC)C(=O)c1ccc2nc[nH]c2c1. The fourth-order valence-corrected chi connectivity index (χ4v) is 3.73. The Morgan fingerprint density at radius 2 is 1.43 bits per heavy atom. The number of unbranched alkanes of at least 4 members (excludes halogenated alkanes) is 10. The van der Waals surface area contributed by atoms with E-state index in [1.54, 1.807) is 6.33 Å². The maximum absolute atomic E-state index is 13.1. The molecule has 0 atom stereocenters. The van der Waals surface area contributed by atoms with Crippen LogP contribution in [0.4, 0.5) is 0 Å². The van der Waals surface area contributed by atoms with Crippen LogP contribution in [0.3, 0.4) is 0 Å². The lowest BCUT2D eigenvalue weighted by molar-refractivity contribution is 0.0749. The van der Waals surface area contributed by atoms with Crippen molar-refractivity contribution in [1.29, 1.82) is 0 Å². The molecule has 156 valence electrons. The van der Waals surface area contributed by atoms with Crippen molar-refractivity contribution in [2.75, 3.05) is 13.1 Å². The first-order valence-electron chi connectivity index (χ1n) is 11.5. The third-order valence-electron chi connectivity index (χ3n) is 5.52. The van der Waals surface area contributed by atoms with Gasteiger partial charge in [-0.15, -0.1) is 0 Å². The van der Waals surface area contributed by atoms with E-state index in [-0.39, 0.29) is 5.91 Å². The van der Waals surface area contributed by atoms with Gasteiger partial charge in [-0.25, -0.2) is 4.98 Å². The summed E-state index contributed by atoms with van der Waals surface area (Å²) in [5, 5.41) is 0. The van der Waals surface area contributed by atoms with Crippen molar-refractivity contribution in [1.82, 2.24) is 14.9 Å². The molecular weight excluding hydrogens is 346 g/mol. The fourth-order valence-electron chi connectivity index (χ4n) is 3.73. The van der Waals surface area contributed by atoms with Crippen LogP contribution in [0.1, 0.15) is 101 Å². The van der Waals surface area contributed by atoms with Gasteiger partial charge >= 0.3 is 0 Å². The van der Waals surface area contributed by atoms with Crippen LogP contribution in [0.15, 0.2) is 24.5 Å². The van der Waals surface area contributed by atoms with Crippen LogP contribution in [0.25, 0.3) is 11.0 Å². The van der Waals surface area contributed by atoms with E-state index in [2.05, 4.69) is 28.7 Å². The highest BCUT2D eigenvalue weighted by Crippen LogP contribution is 2.16. The largest absolute Gasteiger partial charge is 0.345 e. The van der Waals surface area contributed by atoms with Crippen molar-refractivity contribution in [2.45, 2.75) is 90.9 Å². The van der Waals surface area contributed by atoms with Gasteiger partial charge in [-0.1, -0.05) is 78.1 Å². The van der Waals surface area contributed by atoms with Crippen LogP contribution < -0.4 is 0 Å². The summed E-state index contributed by atoms with van der Waals surface area (Å²) in [6, 6.07) is 5.80. The van der Waals surface area contributed by atoms with E-state index in [4.69, 9.17) is 0 Å². The van der Waals surface area contributed by atoms with Gasteiger partial charge in [-0.05, 0) is 31.0 Å². The molecule has 1 amide bonds. The Kier molecular flexibility index (Phi) is 10.7. The molecule has 0 radical (unpaired) electrons. The van der Waals surface area contributed by atoms with Crippen LogP contribution in [-0.2, 0) is 0 Å². The normalized spacial score (nSPS) is 11.2. The minimum Gasteiger partial charge on any atom is -0.345 e. The fraction of sp³-hybridized carbons (Fsp3) is 0.667. The lowest BCUT2D eigenvalue weighted by Crippen LogP contribution is -2.33. The number of hydrogen-bond donors (Lipinski definition) is 1. The summed E-state index contributed by atoms with van der Waals surface area (Å²) in [6.45, 7) is 6.25. The first kappa shape index (κ1) is 22.4. The van der Waals surface area contributed by atoms with Gasteiger partial charge in [-0.2, -0.15) is 0 Å². The minimum atomic E-state index is 0.165. The number of carbonyl (C=O) groups excluding carboxylic acids is 1. The molecule has 1 aromatic carbocycles. The molecule has 4 heteroatoms. The van der Waals surface area contributed by atoms with E-state index in [9.17, 15) is 4.79 Å². The molecule has 1 aromatic heterocycles. The summed E-state index contributed by atoms with van der Waals surface area (Å²) in [4.78, 5) is 22.6. The summed E-state index contributed by atoms with van der Waals surface area (Å²) in [5.41, 5.74) is 2.62. The molecule has 2 rings (SSSR count). The Morgan fingerprint density at radius 1 is 0.857 bits per heavy atom. The first-order chi connectivity index (χ1) is 13.8. The van der Waals surface area contributed by atoms with E-state index in [0.29, 0.717) is 0 Å². The van der Waals surface area contributed by atoms with Gasteiger partial charge in [0.05, 0.1) is 17.4 Å². The molecule has 2 aromatic rings. The number of hydrogen-bond acceptors (Lipinski definition) is 2. The van der Waals surface area contributed by atoms with Crippen LogP contribution >= 0.6 is 0 Å². The second-order valence-electron chi connectivity index (χ2n) is 7.96. The predicted molar refractivity (Wildman–Crippen MR) is 119 cm³/mol. The summed E-state index contributed by atoms with van der Waals surface area (Å²) >= 11 is 0. The molecule has 4 nitrogen and oxygen atoms in total. The predicted octanol–water partition coefficient (Wildman–Crippen LogP) is 6.73. The van der Waals surface area contributed by atoms with Gasteiger partial charge in [0, 0.05) is 18.7 Å². The summed E-state index contributed by atoms with van der Waals surface area (Å²) in [6.07, 6.45) is 16.8. The highest BCUT2D eigenvalue weighted by molar-refractivity contribution is 5.97. The van der Waals surface area contributed by atoms with Gasteiger partial charge in [0.1, 0.15) is 0 Å². The number of nitrogens with zero attached hydrogens (tertiary/aromatic N) is 2. The summed E-state index contributed by atoms with van der Waals surface area (Å²) < 4.78 is 0. The molecule has 28 heavy (non-hydrogen) atoms. The van der Waals surface area contributed by atoms with Crippen LogP contribution in [0, 0.1) is 0 Å². The number of rotatable bonds is 15. The maximum atomic E-state index is 13.1. The average molecular weight is 386 g/mol. The van der Waals surface area contributed by atoms with Crippen LogP contribution in [0.2, 0.25) is 0 Å². The third kappa shape index (κ3) is 7.65. The second kappa shape index (κ2) is 13.4. The van der Waals surface area contributed by atoms with E-state index in [1.165, 1.54) is 64.2 Å². The Morgan fingerprint density at radius 3 is 2.04 bits per heavy atom. The third-order valence-corrected chi connectivity index (χ3v) is 5.52. The second-order valence-corrected chi connectivity index (χ2v) is 7.96. The Bertz CT molecular complexity index is 663. The van der Waals surface area contributed by atoms with Gasteiger partial charge in [0.25, 0.3) is 5.91 Å². The number of aromatic amines is 1. The molecule has 0 aliphatic heterocycles. The molecule has 0 aliphatic rings. The number of imidazole rings is 1. The Balaban J connectivity index is 1.88. The van der Waals surface area contributed by atoms with Gasteiger partial charge in [0.15, 0.2) is 0 Å². The van der Waals surface area contributed by atoms with Crippen LogP contribution in [0.5, 0.6) is 0 Å². The summed E-state index contributed by atoms with van der Waals surface area (Å²) in [5.74, 6) is 0.165. The molecule has 0 spiro atoms. The number of carbonyl (C=O) groups is 1.